The number of aromatic nitrogens is 3. The molecule has 0 radical (unpaired) electrons. The lowest BCUT2D eigenvalue weighted by molar-refractivity contribution is 0.288. The van der Waals surface area contributed by atoms with Crippen molar-refractivity contribution in [3.8, 4) is 29.4 Å². The van der Waals surface area contributed by atoms with Crippen LogP contribution in [0.3, 0.4) is 0 Å². The molecule has 4 aromatic rings. The van der Waals surface area contributed by atoms with E-state index < -0.39 is 11.6 Å². The van der Waals surface area contributed by atoms with E-state index in [1.54, 1.807) is 0 Å². The molecule has 2 aromatic heterocycles. The van der Waals surface area contributed by atoms with Gasteiger partial charge in [0, 0.05) is 36.1 Å². The highest BCUT2D eigenvalue weighted by Gasteiger charge is 2.39. The van der Waals surface area contributed by atoms with Crippen molar-refractivity contribution in [3.05, 3.63) is 47.2 Å². The quantitative estimate of drug-likeness (QED) is 0.385. The highest BCUT2D eigenvalue weighted by Crippen LogP contribution is 2.45. The number of aryl methyl sites for hydroxylation is 1. The summed E-state index contributed by atoms with van der Waals surface area (Å²) in [4.78, 5) is 7.16. The van der Waals surface area contributed by atoms with Gasteiger partial charge in [0.25, 0.3) is 0 Å². The topological polar surface area (TPSA) is 66.2 Å². The monoisotopic (exact) mass is 499 g/mol. The van der Waals surface area contributed by atoms with Crippen molar-refractivity contribution < 1.29 is 13.9 Å². The summed E-state index contributed by atoms with van der Waals surface area (Å²) in [6.07, 6.45) is 10.4. The number of piperidine rings is 2. The van der Waals surface area contributed by atoms with Gasteiger partial charge in [-0.25, -0.2) is 13.8 Å². The molecule has 37 heavy (non-hydrogen) atoms. The lowest BCUT2D eigenvalue weighted by Crippen LogP contribution is -2.61. The molecule has 4 aliphatic rings. The lowest BCUT2D eigenvalue weighted by atomic mass is 9.92. The van der Waals surface area contributed by atoms with Crippen LogP contribution in [0.5, 0.6) is 5.75 Å². The zero-order valence-corrected chi connectivity index (χ0v) is 20.6. The largest absolute Gasteiger partial charge is 0.508 e. The van der Waals surface area contributed by atoms with Crippen molar-refractivity contribution in [2.24, 2.45) is 0 Å². The van der Waals surface area contributed by atoms with Crippen LogP contribution in [0, 0.1) is 24.0 Å². The Hall–Kier alpha value is -3.70. The standard InChI is InChI=1S/C29H27F2N5O/c1-3-20-22(30)10-5-15-11-19(37)12-21(24(15)20)27-26(31)28-25(23(4-2)33-27)29(34-36(28)17-8-9-17)35-14-16-6-7-18(35)13-32-16/h1,5,10-12,16-18,32,37H,4,6-9,13-14H2,2H3/t16-,18-/m0/s1. The van der Waals surface area contributed by atoms with Crippen molar-refractivity contribution in [2.45, 2.75) is 57.2 Å². The normalized spacial score (nSPS) is 21.2. The number of pyridine rings is 1. The van der Waals surface area contributed by atoms with Crippen molar-refractivity contribution in [1.82, 2.24) is 20.1 Å². The number of piperazine rings is 1. The Labute approximate surface area is 213 Å². The summed E-state index contributed by atoms with van der Waals surface area (Å²) in [5, 5.41) is 20.7. The minimum absolute atomic E-state index is 0.0278. The predicted molar refractivity (Wildman–Crippen MR) is 140 cm³/mol. The molecule has 1 aliphatic carbocycles. The van der Waals surface area contributed by atoms with Gasteiger partial charge in [-0.3, -0.25) is 4.68 Å². The number of halogens is 2. The Morgan fingerprint density at radius 2 is 1.95 bits per heavy atom. The summed E-state index contributed by atoms with van der Waals surface area (Å²) in [5.74, 6) is 2.07. The number of nitrogens with zero attached hydrogens (tertiary/aromatic N) is 4. The molecule has 0 unspecified atom stereocenters. The van der Waals surface area contributed by atoms with Crippen LogP contribution in [0.15, 0.2) is 24.3 Å². The maximum atomic E-state index is 16.7. The maximum Gasteiger partial charge on any atom is 0.175 e. The second kappa shape index (κ2) is 8.15. The molecule has 2 N–H and O–H groups in total. The van der Waals surface area contributed by atoms with E-state index in [9.17, 15) is 9.50 Å². The van der Waals surface area contributed by atoms with Crippen LogP contribution in [0.4, 0.5) is 14.6 Å². The first-order valence-electron chi connectivity index (χ1n) is 13.0. The second-order valence-corrected chi connectivity index (χ2v) is 10.4. The number of phenolic OH excluding ortho intramolecular Hbond substituents is 1. The number of aromatic hydroxyl groups is 1. The van der Waals surface area contributed by atoms with Gasteiger partial charge in [0.2, 0.25) is 0 Å². The van der Waals surface area contributed by atoms with Gasteiger partial charge in [-0.15, -0.1) is 6.42 Å². The Kier molecular flexibility index (Phi) is 4.96. The number of benzene rings is 2. The van der Waals surface area contributed by atoms with Crippen molar-refractivity contribution in [2.75, 3.05) is 18.0 Å². The van der Waals surface area contributed by atoms with E-state index >= 15 is 4.39 Å². The van der Waals surface area contributed by atoms with E-state index in [4.69, 9.17) is 16.5 Å². The van der Waals surface area contributed by atoms with Gasteiger partial charge in [-0.1, -0.05) is 18.9 Å². The van der Waals surface area contributed by atoms with Crippen LogP contribution in [0.1, 0.15) is 49.9 Å². The maximum absolute atomic E-state index is 16.7. The molecule has 3 aliphatic heterocycles. The highest BCUT2D eigenvalue weighted by atomic mass is 19.1. The number of hydrogen-bond donors (Lipinski definition) is 2. The molecule has 188 valence electrons. The Bertz CT molecular complexity index is 1630. The predicted octanol–water partition coefficient (Wildman–Crippen LogP) is 5.05. The molecule has 5 heterocycles. The average molecular weight is 500 g/mol. The van der Waals surface area contributed by atoms with Crippen LogP contribution in [0.2, 0.25) is 0 Å². The van der Waals surface area contributed by atoms with E-state index in [1.165, 1.54) is 24.3 Å². The summed E-state index contributed by atoms with van der Waals surface area (Å²) in [6, 6.07) is 6.60. The molecule has 1 saturated carbocycles. The van der Waals surface area contributed by atoms with Crippen LogP contribution >= 0.6 is 0 Å². The number of anilines is 1. The summed E-state index contributed by atoms with van der Waals surface area (Å²) in [5.41, 5.74) is 1.53. The van der Waals surface area contributed by atoms with Crippen LogP contribution in [0.25, 0.3) is 32.9 Å². The molecule has 6 nitrogen and oxygen atoms in total. The van der Waals surface area contributed by atoms with Crippen molar-refractivity contribution in [1.29, 1.82) is 0 Å². The van der Waals surface area contributed by atoms with Crippen molar-refractivity contribution in [3.63, 3.8) is 0 Å². The molecule has 2 atom stereocenters. The summed E-state index contributed by atoms with van der Waals surface area (Å²) in [7, 11) is 0. The second-order valence-electron chi connectivity index (χ2n) is 10.4. The van der Waals surface area contributed by atoms with Crippen LogP contribution in [-0.2, 0) is 6.42 Å². The molecule has 3 saturated heterocycles. The van der Waals surface area contributed by atoms with Gasteiger partial charge in [0.15, 0.2) is 11.6 Å². The fourth-order valence-corrected chi connectivity index (χ4v) is 6.19. The molecule has 0 spiro atoms. The fourth-order valence-electron chi connectivity index (χ4n) is 6.19. The molecular formula is C29H27F2N5O. The third-order valence-electron chi connectivity index (χ3n) is 8.14. The van der Waals surface area contributed by atoms with Gasteiger partial charge in [-0.2, -0.15) is 5.10 Å². The summed E-state index contributed by atoms with van der Waals surface area (Å²) in [6.45, 7) is 3.74. The van der Waals surface area contributed by atoms with E-state index in [0.29, 0.717) is 34.8 Å². The first-order chi connectivity index (χ1) is 18.0. The Morgan fingerprint density at radius 3 is 2.59 bits per heavy atom. The summed E-state index contributed by atoms with van der Waals surface area (Å²) < 4.78 is 33.3. The molecule has 4 fully saturated rings. The molecule has 0 amide bonds. The first-order valence-corrected chi connectivity index (χ1v) is 13.0. The smallest absolute Gasteiger partial charge is 0.175 e. The third kappa shape index (κ3) is 3.33. The Balaban J connectivity index is 1.54. The van der Waals surface area contributed by atoms with Gasteiger partial charge in [0.1, 0.15) is 22.8 Å². The molecule has 2 bridgehead atoms. The zero-order valence-electron chi connectivity index (χ0n) is 20.6. The average Bonchev–Trinajstić information content (AvgIpc) is 3.69. The van der Waals surface area contributed by atoms with Crippen LogP contribution < -0.4 is 10.2 Å². The number of hydrogen-bond acceptors (Lipinski definition) is 5. The first kappa shape index (κ1) is 22.5. The molecule has 8 rings (SSSR count). The van der Waals surface area contributed by atoms with Gasteiger partial charge in [0.05, 0.1) is 22.7 Å². The number of rotatable bonds is 4. The van der Waals surface area contributed by atoms with E-state index in [1.807, 2.05) is 11.6 Å². The van der Waals surface area contributed by atoms with E-state index in [-0.39, 0.29) is 28.6 Å². The SMILES string of the molecule is C#Cc1c(F)ccc2cc(O)cc(-c3nc(CC)c4c(N5C[C@@H]6CC[C@H]5CN6)nn(C5CC5)c4c3F)c12. The summed E-state index contributed by atoms with van der Waals surface area (Å²) >= 11 is 0. The minimum Gasteiger partial charge on any atom is -0.508 e. The molecule has 8 heteroatoms. The van der Waals surface area contributed by atoms with Crippen molar-refractivity contribution >= 4 is 27.5 Å². The minimum atomic E-state index is -0.571. The molecule has 2 aromatic carbocycles. The number of fused-ring (bicyclic) bond motifs is 5. The van der Waals surface area contributed by atoms with Gasteiger partial charge < -0.3 is 15.3 Å². The molecular weight excluding hydrogens is 472 g/mol. The zero-order chi connectivity index (χ0) is 25.4. The fraction of sp³-hybridized carbons (Fsp3) is 0.379. The van der Waals surface area contributed by atoms with Gasteiger partial charge >= 0.3 is 0 Å². The number of terminal acetylenes is 1. The number of phenols is 1. The van der Waals surface area contributed by atoms with E-state index in [2.05, 4.69) is 16.1 Å². The Morgan fingerprint density at radius 1 is 1.14 bits per heavy atom. The van der Waals surface area contributed by atoms with Gasteiger partial charge in [-0.05, 0) is 55.7 Å². The number of nitrogens with one attached hydrogen (secondary N) is 1. The highest BCUT2D eigenvalue weighted by molar-refractivity contribution is 6.03. The van der Waals surface area contributed by atoms with E-state index in [0.717, 1.165) is 55.7 Å². The lowest BCUT2D eigenvalue weighted by Gasteiger charge is -2.46. The van der Waals surface area contributed by atoms with Crippen LogP contribution in [-0.4, -0.2) is 45.0 Å². The third-order valence-corrected chi connectivity index (χ3v) is 8.14.